The molecule has 1 aliphatic heterocycles. The minimum atomic E-state index is -0.636. The summed E-state index contributed by atoms with van der Waals surface area (Å²) in [4.78, 5) is 24.9. The quantitative estimate of drug-likeness (QED) is 0.819. The minimum absolute atomic E-state index is 0.121. The first-order valence-corrected chi connectivity index (χ1v) is 6.33. The van der Waals surface area contributed by atoms with Crippen LogP contribution in [0.15, 0.2) is 24.3 Å². The van der Waals surface area contributed by atoms with E-state index in [-0.39, 0.29) is 31.3 Å². The summed E-state index contributed by atoms with van der Waals surface area (Å²) in [6.07, 6.45) is -0.374. The van der Waals surface area contributed by atoms with Crippen LogP contribution in [0.4, 0.5) is 5.69 Å². The van der Waals surface area contributed by atoms with E-state index in [1.807, 2.05) is 12.1 Å². The molecule has 0 spiro atoms. The number of carbonyl (C=O) groups excluding carboxylic acids is 2. The Morgan fingerprint density at radius 3 is 2.84 bits per heavy atom. The molecule has 0 radical (unpaired) electrons. The van der Waals surface area contributed by atoms with E-state index >= 15 is 0 Å². The van der Waals surface area contributed by atoms with Crippen LogP contribution in [-0.4, -0.2) is 36.2 Å². The Kier molecular flexibility index (Phi) is 4.16. The number of aliphatic hydroxyl groups excluding tert-OH is 1. The summed E-state index contributed by atoms with van der Waals surface area (Å²) in [5.41, 5.74) is 1.42. The normalized spacial score (nSPS) is 18.7. The average molecular weight is 263 g/mol. The van der Waals surface area contributed by atoms with Gasteiger partial charge in [0, 0.05) is 5.69 Å². The van der Waals surface area contributed by atoms with Gasteiger partial charge in [-0.05, 0) is 18.6 Å². The largest absolute Gasteiger partial charge is 0.466 e. The number of hydrogen-bond acceptors (Lipinski definition) is 4. The standard InChI is InChI=1S/C14H17NO4/c1-2-19-14(18)7-10-5-3-4-6-12(10)15-9-11(16)8-13(15)17/h3-6,11,16H,2,7-9H2,1H3. The Morgan fingerprint density at radius 2 is 2.21 bits per heavy atom. The summed E-state index contributed by atoms with van der Waals surface area (Å²) in [7, 11) is 0. The zero-order chi connectivity index (χ0) is 13.8. The third kappa shape index (κ3) is 3.12. The molecule has 1 unspecified atom stereocenters. The molecule has 0 bridgehead atoms. The second kappa shape index (κ2) is 5.84. The number of anilines is 1. The van der Waals surface area contributed by atoms with Gasteiger partial charge in [0.25, 0.3) is 0 Å². The first-order chi connectivity index (χ1) is 9.11. The van der Waals surface area contributed by atoms with Gasteiger partial charge in [0.15, 0.2) is 0 Å². The molecule has 0 aromatic heterocycles. The fraction of sp³-hybridized carbons (Fsp3) is 0.429. The van der Waals surface area contributed by atoms with Crippen LogP contribution in [0.5, 0.6) is 0 Å². The van der Waals surface area contributed by atoms with Crippen molar-refractivity contribution in [1.29, 1.82) is 0 Å². The molecule has 5 heteroatoms. The highest BCUT2D eigenvalue weighted by atomic mass is 16.5. The number of benzene rings is 1. The molecule has 1 aliphatic rings. The first-order valence-electron chi connectivity index (χ1n) is 6.33. The molecule has 1 fully saturated rings. The monoisotopic (exact) mass is 263 g/mol. The van der Waals surface area contributed by atoms with Gasteiger partial charge in [-0.25, -0.2) is 0 Å². The van der Waals surface area contributed by atoms with E-state index in [4.69, 9.17) is 4.74 Å². The third-order valence-corrected chi connectivity index (χ3v) is 3.03. The van der Waals surface area contributed by atoms with Crippen molar-refractivity contribution in [1.82, 2.24) is 0 Å². The zero-order valence-electron chi connectivity index (χ0n) is 10.8. The molecule has 0 saturated carbocycles. The fourth-order valence-corrected chi connectivity index (χ4v) is 2.21. The van der Waals surface area contributed by atoms with Gasteiger partial charge in [-0.15, -0.1) is 0 Å². The lowest BCUT2D eigenvalue weighted by Crippen LogP contribution is -2.26. The van der Waals surface area contributed by atoms with E-state index in [1.165, 1.54) is 4.90 Å². The summed E-state index contributed by atoms with van der Waals surface area (Å²) < 4.78 is 4.92. The molecule has 1 atom stereocenters. The summed E-state index contributed by atoms with van der Waals surface area (Å²) in [6, 6.07) is 7.20. The van der Waals surface area contributed by atoms with Gasteiger partial charge < -0.3 is 14.7 Å². The van der Waals surface area contributed by atoms with Crippen LogP contribution in [0.3, 0.4) is 0 Å². The first kappa shape index (κ1) is 13.5. The third-order valence-electron chi connectivity index (χ3n) is 3.03. The number of nitrogens with zero attached hydrogens (tertiary/aromatic N) is 1. The molecule has 19 heavy (non-hydrogen) atoms. The Labute approximate surface area is 111 Å². The maximum atomic E-state index is 11.8. The summed E-state index contributed by atoms with van der Waals surface area (Å²) in [5, 5.41) is 9.53. The number of amides is 1. The summed E-state index contributed by atoms with van der Waals surface area (Å²) in [6.45, 7) is 2.37. The highest BCUT2D eigenvalue weighted by Gasteiger charge is 2.30. The molecule has 102 valence electrons. The van der Waals surface area contributed by atoms with Crippen LogP contribution in [0.2, 0.25) is 0 Å². The topological polar surface area (TPSA) is 66.8 Å². The van der Waals surface area contributed by atoms with E-state index < -0.39 is 6.10 Å². The van der Waals surface area contributed by atoms with Crippen LogP contribution in [0, 0.1) is 0 Å². The number of ether oxygens (including phenoxy) is 1. The lowest BCUT2D eigenvalue weighted by molar-refractivity contribution is -0.142. The smallest absolute Gasteiger partial charge is 0.310 e. The van der Waals surface area contributed by atoms with Crippen molar-refractivity contribution in [3.8, 4) is 0 Å². The van der Waals surface area contributed by atoms with Gasteiger partial charge in [-0.3, -0.25) is 9.59 Å². The van der Waals surface area contributed by atoms with Crippen LogP contribution < -0.4 is 4.90 Å². The molecule has 1 aromatic rings. The van der Waals surface area contributed by atoms with Crippen molar-refractivity contribution >= 4 is 17.6 Å². The Morgan fingerprint density at radius 1 is 1.47 bits per heavy atom. The average Bonchev–Trinajstić information content (AvgIpc) is 2.69. The van der Waals surface area contributed by atoms with E-state index in [2.05, 4.69) is 0 Å². The number of hydrogen-bond donors (Lipinski definition) is 1. The Balaban J connectivity index is 2.21. The van der Waals surface area contributed by atoms with Crippen molar-refractivity contribution in [3.63, 3.8) is 0 Å². The number of para-hydroxylation sites is 1. The molecule has 2 rings (SSSR count). The molecule has 1 N–H and O–H groups in total. The number of esters is 1. The van der Waals surface area contributed by atoms with Crippen molar-refractivity contribution in [2.24, 2.45) is 0 Å². The van der Waals surface area contributed by atoms with Gasteiger partial charge in [0.1, 0.15) is 0 Å². The Hall–Kier alpha value is -1.88. The molecule has 5 nitrogen and oxygen atoms in total. The summed E-state index contributed by atoms with van der Waals surface area (Å²) in [5.74, 6) is -0.439. The van der Waals surface area contributed by atoms with Crippen LogP contribution in [0.1, 0.15) is 18.9 Å². The summed E-state index contributed by atoms with van der Waals surface area (Å²) >= 11 is 0. The number of rotatable bonds is 4. The van der Waals surface area contributed by atoms with Gasteiger partial charge in [-0.1, -0.05) is 18.2 Å². The molecule has 1 aromatic carbocycles. The van der Waals surface area contributed by atoms with Crippen molar-refractivity contribution in [2.75, 3.05) is 18.1 Å². The van der Waals surface area contributed by atoms with Crippen molar-refractivity contribution < 1.29 is 19.4 Å². The van der Waals surface area contributed by atoms with E-state index in [0.29, 0.717) is 12.3 Å². The van der Waals surface area contributed by atoms with Gasteiger partial charge in [-0.2, -0.15) is 0 Å². The predicted octanol–water partition coefficient (Wildman–Crippen LogP) is 0.890. The number of carbonyl (C=O) groups is 2. The molecule has 1 saturated heterocycles. The predicted molar refractivity (Wildman–Crippen MR) is 69.8 cm³/mol. The molecule has 1 heterocycles. The lowest BCUT2D eigenvalue weighted by atomic mass is 10.1. The lowest BCUT2D eigenvalue weighted by Gasteiger charge is -2.19. The Bertz CT molecular complexity index is 486. The van der Waals surface area contributed by atoms with Crippen molar-refractivity contribution in [2.45, 2.75) is 25.9 Å². The van der Waals surface area contributed by atoms with Crippen LogP contribution >= 0.6 is 0 Å². The maximum absolute atomic E-state index is 11.8. The molecule has 1 amide bonds. The molecular formula is C14H17NO4. The van der Waals surface area contributed by atoms with E-state index in [1.54, 1.807) is 19.1 Å². The molecule has 0 aliphatic carbocycles. The highest BCUT2D eigenvalue weighted by Crippen LogP contribution is 2.26. The van der Waals surface area contributed by atoms with Gasteiger partial charge >= 0.3 is 5.97 Å². The van der Waals surface area contributed by atoms with E-state index in [0.717, 1.165) is 5.56 Å². The second-order valence-corrected chi connectivity index (χ2v) is 4.47. The maximum Gasteiger partial charge on any atom is 0.310 e. The zero-order valence-corrected chi connectivity index (χ0v) is 10.8. The second-order valence-electron chi connectivity index (χ2n) is 4.47. The fourth-order valence-electron chi connectivity index (χ4n) is 2.21. The van der Waals surface area contributed by atoms with Gasteiger partial charge in [0.2, 0.25) is 5.91 Å². The minimum Gasteiger partial charge on any atom is -0.466 e. The highest BCUT2D eigenvalue weighted by molar-refractivity contribution is 5.97. The number of β-amino-alcohol motifs (C(OH)–C–C–N with tert-alkyl or cyclic N) is 1. The van der Waals surface area contributed by atoms with Gasteiger partial charge in [0.05, 0.1) is 32.1 Å². The van der Waals surface area contributed by atoms with Crippen LogP contribution in [0.25, 0.3) is 0 Å². The van der Waals surface area contributed by atoms with Crippen LogP contribution in [-0.2, 0) is 20.7 Å². The van der Waals surface area contributed by atoms with E-state index in [9.17, 15) is 14.7 Å². The van der Waals surface area contributed by atoms with Crippen molar-refractivity contribution in [3.05, 3.63) is 29.8 Å². The number of aliphatic hydroxyl groups is 1. The molecular weight excluding hydrogens is 246 g/mol. The SMILES string of the molecule is CCOC(=O)Cc1ccccc1N1CC(O)CC1=O.